The van der Waals surface area contributed by atoms with E-state index in [1.807, 2.05) is 22.6 Å². The zero-order valence-electron chi connectivity index (χ0n) is 11.3. The normalized spacial score (nSPS) is 10.3. The molecule has 0 amide bonds. The molecule has 0 saturated heterocycles. The Morgan fingerprint density at radius 2 is 1.95 bits per heavy atom. The molecule has 3 nitrogen and oxygen atoms in total. The highest BCUT2D eigenvalue weighted by atomic mass is 127. The van der Waals surface area contributed by atoms with Gasteiger partial charge >= 0.3 is 0 Å². The zero-order chi connectivity index (χ0) is 15.6. The number of aldehydes is 1. The van der Waals surface area contributed by atoms with Gasteiger partial charge in [0.1, 0.15) is 17.4 Å². The minimum Gasteiger partial charge on any atom is -0.496 e. The predicted molar refractivity (Wildman–Crippen MR) is 85.5 cm³/mol. The first-order chi connectivity index (χ1) is 9.97. The van der Waals surface area contributed by atoms with Crippen LogP contribution in [0.15, 0.2) is 24.3 Å². The molecule has 0 aliphatic rings. The first-order valence-electron chi connectivity index (χ1n) is 6.02. The monoisotopic (exact) mass is 403 g/mol. The molecule has 0 saturated carbocycles. The van der Waals surface area contributed by atoms with Crippen LogP contribution >= 0.6 is 22.6 Å². The summed E-state index contributed by atoms with van der Waals surface area (Å²) in [6.07, 6.45) is 0.398. The van der Waals surface area contributed by atoms with Gasteiger partial charge in [-0.2, -0.15) is 0 Å². The summed E-state index contributed by atoms with van der Waals surface area (Å²) in [5, 5.41) is 2.77. The second kappa shape index (κ2) is 6.38. The van der Waals surface area contributed by atoms with Crippen molar-refractivity contribution in [1.82, 2.24) is 0 Å². The van der Waals surface area contributed by atoms with Crippen LogP contribution in [-0.2, 0) is 0 Å². The van der Waals surface area contributed by atoms with Crippen molar-refractivity contribution in [2.45, 2.75) is 6.92 Å². The lowest BCUT2D eigenvalue weighted by Crippen LogP contribution is -2.04. The van der Waals surface area contributed by atoms with E-state index in [4.69, 9.17) is 4.74 Å². The van der Waals surface area contributed by atoms with Crippen molar-refractivity contribution in [2.75, 3.05) is 12.4 Å². The summed E-state index contributed by atoms with van der Waals surface area (Å²) >= 11 is 1.99. The van der Waals surface area contributed by atoms with Crippen LogP contribution in [0.5, 0.6) is 5.75 Å². The van der Waals surface area contributed by atoms with Gasteiger partial charge in [-0.25, -0.2) is 8.78 Å². The summed E-state index contributed by atoms with van der Waals surface area (Å²) in [6, 6.07) is 5.71. The number of nitrogens with one attached hydrogen (secondary N) is 1. The van der Waals surface area contributed by atoms with Crippen molar-refractivity contribution in [3.63, 3.8) is 0 Å². The van der Waals surface area contributed by atoms with E-state index in [0.29, 0.717) is 11.8 Å². The average Bonchev–Trinajstić information content (AvgIpc) is 2.45. The lowest BCUT2D eigenvalue weighted by molar-refractivity contribution is 0.112. The summed E-state index contributed by atoms with van der Waals surface area (Å²) in [5.41, 5.74) is 0.724. The van der Waals surface area contributed by atoms with Gasteiger partial charge in [-0.3, -0.25) is 4.79 Å². The number of methoxy groups -OCH3 is 1. The molecule has 0 spiro atoms. The number of carbonyl (C=O) groups excluding carboxylic acids is 1. The molecule has 2 aromatic carbocycles. The van der Waals surface area contributed by atoms with E-state index in [9.17, 15) is 13.6 Å². The second-order valence-corrected chi connectivity index (χ2v) is 5.59. The number of rotatable bonds is 4. The number of benzene rings is 2. The third kappa shape index (κ3) is 3.15. The van der Waals surface area contributed by atoms with Gasteiger partial charge < -0.3 is 10.1 Å². The highest BCUT2D eigenvalue weighted by Crippen LogP contribution is 2.33. The van der Waals surface area contributed by atoms with E-state index in [0.717, 1.165) is 9.64 Å². The van der Waals surface area contributed by atoms with Gasteiger partial charge in [0.05, 0.1) is 24.0 Å². The van der Waals surface area contributed by atoms with E-state index in [1.54, 1.807) is 13.0 Å². The van der Waals surface area contributed by atoms with Crippen LogP contribution < -0.4 is 10.1 Å². The van der Waals surface area contributed by atoms with Gasteiger partial charge in [-0.05, 0) is 47.7 Å². The Hall–Kier alpha value is -1.70. The third-order valence-electron chi connectivity index (χ3n) is 3.06. The zero-order valence-corrected chi connectivity index (χ0v) is 13.5. The Morgan fingerprint density at radius 1 is 1.24 bits per heavy atom. The van der Waals surface area contributed by atoms with Crippen molar-refractivity contribution in [1.29, 1.82) is 0 Å². The van der Waals surface area contributed by atoms with E-state index in [1.165, 1.54) is 19.2 Å². The summed E-state index contributed by atoms with van der Waals surface area (Å²) < 4.78 is 33.6. The van der Waals surface area contributed by atoms with Crippen molar-refractivity contribution < 1.29 is 18.3 Å². The topological polar surface area (TPSA) is 38.3 Å². The van der Waals surface area contributed by atoms with Gasteiger partial charge in [0, 0.05) is 15.2 Å². The van der Waals surface area contributed by atoms with Crippen LogP contribution in [0.4, 0.5) is 20.2 Å². The minimum absolute atomic E-state index is 0.161. The third-order valence-corrected chi connectivity index (χ3v) is 3.73. The predicted octanol–water partition coefficient (Wildman–Crippen LogP) is 4.44. The van der Waals surface area contributed by atoms with E-state index in [-0.39, 0.29) is 22.7 Å². The number of hydrogen-bond acceptors (Lipinski definition) is 3. The van der Waals surface area contributed by atoms with Crippen LogP contribution in [0.2, 0.25) is 0 Å². The molecular formula is C15H12F2INO2. The molecule has 0 aromatic heterocycles. The Labute approximate surface area is 134 Å². The van der Waals surface area contributed by atoms with E-state index >= 15 is 0 Å². The maximum Gasteiger partial charge on any atom is 0.155 e. The Morgan fingerprint density at radius 3 is 2.52 bits per heavy atom. The molecule has 0 unspecified atom stereocenters. The highest BCUT2D eigenvalue weighted by Gasteiger charge is 2.17. The van der Waals surface area contributed by atoms with Gasteiger partial charge in [-0.15, -0.1) is 0 Å². The average molecular weight is 403 g/mol. The Bertz CT molecular complexity index is 705. The number of carbonyl (C=O) groups is 1. The van der Waals surface area contributed by atoms with Crippen LogP contribution in [0.1, 0.15) is 15.9 Å². The van der Waals surface area contributed by atoms with Crippen molar-refractivity contribution >= 4 is 40.3 Å². The second-order valence-electron chi connectivity index (χ2n) is 4.34. The molecule has 0 aliphatic heterocycles. The van der Waals surface area contributed by atoms with Crippen LogP contribution in [0.25, 0.3) is 0 Å². The van der Waals surface area contributed by atoms with Crippen molar-refractivity contribution in [2.24, 2.45) is 0 Å². The summed E-state index contributed by atoms with van der Waals surface area (Å²) in [5.74, 6) is -0.922. The van der Waals surface area contributed by atoms with E-state index in [2.05, 4.69) is 5.32 Å². The van der Waals surface area contributed by atoms with E-state index < -0.39 is 11.6 Å². The molecule has 0 radical (unpaired) electrons. The lowest BCUT2D eigenvalue weighted by Gasteiger charge is -2.16. The number of ether oxygens (including phenoxy) is 1. The Balaban J connectivity index is 2.57. The molecule has 6 heteroatoms. The highest BCUT2D eigenvalue weighted by molar-refractivity contribution is 14.1. The van der Waals surface area contributed by atoms with Crippen LogP contribution in [0.3, 0.4) is 0 Å². The van der Waals surface area contributed by atoms with Gasteiger partial charge in [-0.1, -0.05) is 0 Å². The molecule has 2 rings (SSSR count). The van der Waals surface area contributed by atoms with Crippen molar-refractivity contribution in [3.8, 4) is 5.75 Å². The molecule has 1 N–H and O–H groups in total. The summed E-state index contributed by atoms with van der Waals surface area (Å²) in [4.78, 5) is 11.1. The molecule has 21 heavy (non-hydrogen) atoms. The summed E-state index contributed by atoms with van der Waals surface area (Å²) in [6.45, 7) is 1.66. The van der Waals surface area contributed by atoms with Crippen molar-refractivity contribution in [3.05, 3.63) is 50.6 Å². The molecule has 0 heterocycles. The van der Waals surface area contributed by atoms with Gasteiger partial charge in [0.15, 0.2) is 6.29 Å². The number of hydrogen-bond donors (Lipinski definition) is 1. The maximum atomic E-state index is 13.9. The SMILES string of the molecule is COc1cc(F)c(C=O)c(Nc2ccc(I)cc2F)c1C. The molecule has 0 aliphatic carbocycles. The lowest BCUT2D eigenvalue weighted by atomic mass is 10.1. The van der Waals surface area contributed by atoms with Crippen LogP contribution in [0, 0.1) is 22.1 Å². The molecule has 110 valence electrons. The standard InChI is InChI=1S/C15H12F2INO2/c1-8-14(21-2)6-11(16)10(7-20)15(8)19-13-4-3-9(18)5-12(13)17/h3-7,19H,1-2H3. The fourth-order valence-corrected chi connectivity index (χ4v) is 2.41. The molecule has 0 bridgehead atoms. The largest absolute Gasteiger partial charge is 0.496 e. The maximum absolute atomic E-state index is 13.9. The van der Waals surface area contributed by atoms with Gasteiger partial charge in [0.2, 0.25) is 0 Å². The molecular weight excluding hydrogens is 391 g/mol. The molecule has 0 fully saturated rings. The minimum atomic E-state index is -0.721. The molecule has 0 atom stereocenters. The fourth-order valence-electron chi connectivity index (χ4n) is 1.96. The summed E-state index contributed by atoms with van der Waals surface area (Å²) in [7, 11) is 1.40. The first kappa shape index (κ1) is 15.7. The molecule has 2 aromatic rings. The fraction of sp³-hybridized carbons (Fsp3) is 0.133. The quantitative estimate of drug-likeness (QED) is 0.606. The van der Waals surface area contributed by atoms with Gasteiger partial charge in [0.25, 0.3) is 0 Å². The number of anilines is 2. The first-order valence-corrected chi connectivity index (χ1v) is 7.10. The smallest absolute Gasteiger partial charge is 0.155 e. The Kier molecular flexibility index (Phi) is 4.76. The number of halogens is 3. The van der Waals surface area contributed by atoms with Crippen LogP contribution in [-0.4, -0.2) is 13.4 Å².